The molecular formula is C12H16BrN3S. The summed E-state index contributed by atoms with van der Waals surface area (Å²) in [5.41, 5.74) is 8.28. The van der Waals surface area contributed by atoms with Crippen molar-refractivity contribution in [2.45, 2.75) is 20.3 Å². The first-order valence-corrected chi connectivity index (χ1v) is 7.17. The second-order valence-corrected chi connectivity index (χ2v) is 7.00. The lowest BCUT2D eigenvalue weighted by Gasteiger charge is -2.05. The lowest BCUT2D eigenvalue weighted by atomic mass is 10.0. The minimum Gasteiger partial charge on any atom is -0.384 e. The second kappa shape index (κ2) is 4.82. The van der Waals surface area contributed by atoms with Crippen LogP contribution >= 0.6 is 27.3 Å². The number of halogens is 1. The van der Waals surface area contributed by atoms with Crippen LogP contribution in [-0.4, -0.2) is 9.78 Å². The van der Waals surface area contributed by atoms with E-state index in [0.29, 0.717) is 5.92 Å². The first kappa shape index (κ1) is 12.6. The molecule has 17 heavy (non-hydrogen) atoms. The van der Waals surface area contributed by atoms with Crippen molar-refractivity contribution in [1.82, 2.24) is 9.78 Å². The molecule has 0 spiro atoms. The van der Waals surface area contributed by atoms with Crippen molar-refractivity contribution >= 4 is 33.1 Å². The normalized spacial score (nSPS) is 11.4. The van der Waals surface area contributed by atoms with Crippen LogP contribution in [0.2, 0.25) is 0 Å². The number of anilines is 1. The summed E-state index contributed by atoms with van der Waals surface area (Å²) < 4.78 is 2.88. The van der Waals surface area contributed by atoms with E-state index in [0.717, 1.165) is 27.3 Å². The Morgan fingerprint density at radius 3 is 2.71 bits per heavy atom. The molecule has 0 aliphatic carbocycles. The minimum absolute atomic E-state index is 0.573. The summed E-state index contributed by atoms with van der Waals surface area (Å²) >= 11 is 5.17. The highest BCUT2D eigenvalue weighted by molar-refractivity contribution is 9.11. The van der Waals surface area contributed by atoms with Crippen molar-refractivity contribution in [3.63, 3.8) is 0 Å². The van der Waals surface area contributed by atoms with E-state index in [1.807, 2.05) is 13.1 Å². The van der Waals surface area contributed by atoms with E-state index >= 15 is 0 Å². The Hall–Kier alpha value is -0.810. The van der Waals surface area contributed by atoms with E-state index < -0.39 is 0 Å². The fourth-order valence-electron chi connectivity index (χ4n) is 1.83. The number of aryl methyl sites for hydroxylation is 1. The lowest BCUT2D eigenvalue weighted by Crippen LogP contribution is -2.01. The molecule has 2 rings (SSSR count). The van der Waals surface area contributed by atoms with Crippen LogP contribution in [0.15, 0.2) is 15.9 Å². The first-order valence-electron chi connectivity index (χ1n) is 5.56. The van der Waals surface area contributed by atoms with E-state index in [4.69, 9.17) is 5.73 Å². The third-order valence-corrected chi connectivity index (χ3v) is 4.24. The van der Waals surface area contributed by atoms with Crippen molar-refractivity contribution in [2.75, 3.05) is 5.73 Å². The van der Waals surface area contributed by atoms with Crippen LogP contribution in [0.4, 0.5) is 5.82 Å². The first-order chi connectivity index (χ1) is 7.99. The topological polar surface area (TPSA) is 43.8 Å². The Kier molecular flexibility index (Phi) is 3.58. The average Bonchev–Trinajstić information content (AvgIpc) is 2.77. The van der Waals surface area contributed by atoms with Crippen molar-refractivity contribution < 1.29 is 0 Å². The summed E-state index contributed by atoms with van der Waals surface area (Å²) in [6.45, 7) is 4.39. The van der Waals surface area contributed by atoms with Gasteiger partial charge in [-0.1, -0.05) is 13.8 Å². The summed E-state index contributed by atoms with van der Waals surface area (Å²) in [6.07, 6.45) is 0.963. The molecule has 0 saturated carbocycles. The van der Waals surface area contributed by atoms with Gasteiger partial charge in [-0.15, -0.1) is 11.3 Å². The molecule has 2 heterocycles. The molecule has 0 aliphatic rings. The van der Waals surface area contributed by atoms with E-state index in [1.54, 1.807) is 16.0 Å². The monoisotopic (exact) mass is 313 g/mol. The summed E-state index contributed by atoms with van der Waals surface area (Å²) in [5, 5.41) is 4.53. The molecule has 3 nitrogen and oxygen atoms in total. The van der Waals surface area contributed by atoms with Gasteiger partial charge in [-0.3, -0.25) is 4.68 Å². The Balaban J connectivity index is 2.49. The minimum atomic E-state index is 0.573. The highest BCUT2D eigenvalue weighted by Crippen LogP contribution is 2.35. The lowest BCUT2D eigenvalue weighted by molar-refractivity contribution is 0.649. The summed E-state index contributed by atoms with van der Waals surface area (Å²) in [5.74, 6) is 1.35. The molecule has 0 amide bonds. The highest BCUT2D eigenvalue weighted by Gasteiger charge is 2.17. The van der Waals surface area contributed by atoms with Crippen LogP contribution in [0.3, 0.4) is 0 Å². The fourth-order valence-corrected chi connectivity index (χ4v) is 3.23. The number of hydrogen-bond acceptors (Lipinski definition) is 3. The van der Waals surface area contributed by atoms with Gasteiger partial charge in [-0.2, -0.15) is 5.10 Å². The van der Waals surface area contributed by atoms with Crippen molar-refractivity contribution in [3.8, 4) is 10.6 Å². The third kappa shape index (κ3) is 2.55. The summed E-state index contributed by atoms with van der Waals surface area (Å²) in [4.78, 5) is 1.17. The van der Waals surface area contributed by atoms with E-state index in [1.165, 1.54) is 4.88 Å². The molecule has 0 aromatic carbocycles. The second-order valence-electron chi connectivity index (χ2n) is 4.54. The van der Waals surface area contributed by atoms with Gasteiger partial charge < -0.3 is 5.73 Å². The van der Waals surface area contributed by atoms with Gasteiger partial charge in [0, 0.05) is 12.6 Å². The maximum absolute atomic E-state index is 6.09. The Morgan fingerprint density at radius 1 is 1.47 bits per heavy atom. The van der Waals surface area contributed by atoms with Gasteiger partial charge in [0.2, 0.25) is 0 Å². The van der Waals surface area contributed by atoms with Crippen molar-refractivity contribution in [3.05, 3.63) is 21.5 Å². The van der Waals surface area contributed by atoms with Gasteiger partial charge >= 0.3 is 0 Å². The van der Waals surface area contributed by atoms with Crippen LogP contribution in [0.5, 0.6) is 0 Å². The van der Waals surface area contributed by atoms with Crippen LogP contribution in [0, 0.1) is 5.92 Å². The van der Waals surface area contributed by atoms with Crippen LogP contribution in [0.25, 0.3) is 10.6 Å². The molecule has 0 radical (unpaired) electrons. The predicted molar refractivity (Wildman–Crippen MR) is 77.2 cm³/mol. The van der Waals surface area contributed by atoms with Crippen LogP contribution in [0.1, 0.15) is 19.4 Å². The fraction of sp³-hybridized carbons (Fsp3) is 0.417. The van der Waals surface area contributed by atoms with Gasteiger partial charge in [0.05, 0.1) is 8.66 Å². The molecule has 2 aromatic heterocycles. The number of rotatable bonds is 3. The Bertz CT molecular complexity index is 528. The number of aromatic nitrogens is 2. The summed E-state index contributed by atoms with van der Waals surface area (Å²) in [7, 11) is 1.89. The molecular weight excluding hydrogens is 298 g/mol. The molecule has 0 bridgehead atoms. The molecule has 2 aromatic rings. The average molecular weight is 314 g/mol. The largest absolute Gasteiger partial charge is 0.384 e. The quantitative estimate of drug-likeness (QED) is 0.939. The Morgan fingerprint density at radius 2 is 2.18 bits per heavy atom. The van der Waals surface area contributed by atoms with Gasteiger partial charge in [-0.05, 0) is 40.4 Å². The standard InChI is InChI=1S/C12H16BrN3S/c1-7(2)6-8-11(15-16(3)12(8)14)9-4-5-10(13)17-9/h4-5,7H,6,14H2,1-3H3. The van der Waals surface area contributed by atoms with Crippen LogP contribution in [-0.2, 0) is 13.5 Å². The maximum atomic E-state index is 6.09. The van der Waals surface area contributed by atoms with Gasteiger partial charge in [-0.25, -0.2) is 0 Å². The SMILES string of the molecule is CC(C)Cc1c(-c2ccc(Br)s2)nn(C)c1N. The van der Waals surface area contributed by atoms with E-state index in [9.17, 15) is 0 Å². The molecule has 0 saturated heterocycles. The van der Waals surface area contributed by atoms with Crippen LogP contribution < -0.4 is 5.73 Å². The van der Waals surface area contributed by atoms with E-state index in [2.05, 4.69) is 40.9 Å². The zero-order valence-corrected chi connectivity index (χ0v) is 12.6. The molecule has 0 unspecified atom stereocenters. The number of thiophene rings is 1. The van der Waals surface area contributed by atoms with Crippen molar-refractivity contribution in [1.29, 1.82) is 0 Å². The summed E-state index contributed by atoms with van der Waals surface area (Å²) in [6, 6.07) is 4.13. The highest BCUT2D eigenvalue weighted by atomic mass is 79.9. The number of nitrogens with two attached hydrogens (primary N) is 1. The van der Waals surface area contributed by atoms with Gasteiger partial charge in [0.15, 0.2) is 0 Å². The van der Waals surface area contributed by atoms with Gasteiger partial charge in [0.1, 0.15) is 11.5 Å². The maximum Gasteiger partial charge on any atom is 0.125 e. The molecule has 0 atom stereocenters. The molecule has 5 heteroatoms. The zero-order valence-electron chi connectivity index (χ0n) is 10.2. The molecule has 92 valence electrons. The molecule has 2 N–H and O–H groups in total. The number of nitrogen functional groups attached to an aromatic ring is 1. The number of hydrogen-bond donors (Lipinski definition) is 1. The predicted octanol–water partition coefficient (Wildman–Crippen LogP) is 3.69. The van der Waals surface area contributed by atoms with Crippen molar-refractivity contribution in [2.24, 2.45) is 13.0 Å². The Labute approximate surface area is 114 Å². The van der Waals surface area contributed by atoms with Gasteiger partial charge in [0.25, 0.3) is 0 Å². The smallest absolute Gasteiger partial charge is 0.125 e. The zero-order chi connectivity index (χ0) is 12.6. The molecule has 0 aliphatic heterocycles. The number of nitrogens with zero attached hydrogens (tertiary/aromatic N) is 2. The van der Waals surface area contributed by atoms with E-state index in [-0.39, 0.29) is 0 Å². The molecule has 0 fully saturated rings. The third-order valence-electron chi connectivity index (χ3n) is 2.61.